The fraction of sp³-hybridized carbons (Fsp3) is 0.923. The van der Waals surface area contributed by atoms with Crippen LogP contribution in [0.5, 0.6) is 0 Å². The van der Waals surface area contributed by atoms with E-state index in [4.69, 9.17) is 4.74 Å². The summed E-state index contributed by atoms with van der Waals surface area (Å²) in [5, 5.41) is 11.6. The molecule has 3 aliphatic carbocycles. The van der Waals surface area contributed by atoms with E-state index in [0.717, 1.165) is 43.8 Å². The molecule has 2 saturated carbocycles. The van der Waals surface area contributed by atoms with Crippen molar-refractivity contribution in [3.63, 3.8) is 0 Å². The highest BCUT2D eigenvalue weighted by Gasteiger charge is 2.62. The molecular weight excluding hydrogens is 344 g/mol. The highest BCUT2D eigenvalue weighted by atomic mass is 16.5. The molecule has 0 amide bonds. The predicted molar refractivity (Wildman–Crippen MR) is 116 cm³/mol. The summed E-state index contributed by atoms with van der Waals surface area (Å²) in [5.74, 6) is 4.38. The molecule has 2 nitrogen and oxygen atoms in total. The summed E-state index contributed by atoms with van der Waals surface area (Å²) in [6.45, 7) is 13.8. The lowest BCUT2D eigenvalue weighted by molar-refractivity contribution is -0.140. The summed E-state index contributed by atoms with van der Waals surface area (Å²) in [6.07, 6.45) is 12.5. The Morgan fingerprint density at radius 3 is 2.68 bits per heavy atom. The Labute approximate surface area is 173 Å². The summed E-state index contributed by atoms with van der Waals surface area (Å²) in [7, 11) is 0. The summed E-state index contributed by atoms with van der Waals surface area (Å²) in [5.41, 5.74) is 1.93. The number of hydrogen-bond donors (Lipinski definition) is 1. The number of aliphatic hydroxyl groups is 1. The van der Waals surface area contributed by atoms with Gasteiger partial charge >= 0.3 is 0 Å². The van der Waals surface area contributed by atoms with Crippen molar-refractivity contribution in [1.82, 2.24) is 0 Å². The Morgan fingerprint density at radius 2 is 1.93 bits per heavy atom. The molecule has 1 saturated heterocycles. The minimum Gasteiger partial charge on any atom is -0.393 e. The largest absolute Gasteiger partial charge is 0.393 e. The van der Waals surface area contributed by atoms with Gasteiger partial charge in [-0.3, -0.25) is 0 Å². The van der Waals surface area contributed by atoms with Crippen LogP contribution in [-0.4, -0.2) is 24.4 Å². The van der Waals surface area contributed by atoms with Crippen molar-refractivity contribution in [1.29, 1.82) is 0 Å². The minimum atomic E-state index is -0.127. The van der Waals surface area contributed by atoms with Crippen LogP contribution in [0.25, 0.3) is 0 Å². The zero-order valence-corrected chi connectivity index (χ0v) is 19.0. The van der Waals surface area contributed by atoms with Crippen LogP contribution < -0.4 is 0 Å². The van der Waals surface area contributed by atoms with Crippen molar-refractivity contribution in [3.05, 3.63) is 11.6 Å². The van der Waals surface area contributed by atoms with Gasteiger partial charge in [0.05, 0.1) is 12.7 Å². The number of hydrogen-bond acceptors (Lipinski definition) is 2. The Bertz CT molecular complexity index is 595. The summed E-state index contributed by atoms with van der Waals surface area (Å²) >= 11 is 0. The highest BCUT2D eigenvalue weighted by Crippen LogP contribution is 2.66. The second-order valence-corrected chi connectivity index (χ2v) is 11.7. The third-order valence-electron chi connectivity index (χ3n) is 9.95. The molecule has 4 aliphatic rings. The van der Waals surface area contributed by atoms with Gasteiger partial charge in [-0.1, -0.05) is 60.0 Å². The van der Waals surface area contributed by atoms with Gasteiger partial charge in [0, 0.05) is 6.61 Å². The van der Waals surface area contributed by atoms with Crippen LogP contribution >= 0.6 is 0 Å². The number of rotatable bonds is 5. The first-order chi connectivity index (χ1) is 13.3. The Hall–Kier alpha value is -0.340. The molecule has 1 N–H and O–H groups in total. The van der Waals surface area contributed by atoms with E-state index in [0.29, 0.717) is 17.8 Å². The lowest BCUT2D eigenvalue weighted by Gasteiger charge is -2.59. The second-order valence-electron chi connectivity index (χ2n) is 11.7. The first-order valence-electron chi connectivity index (χ1n) is 12.2. The maximum absolute atomic E-state index is 11.6. The molecule has 0 aromatic rings. The van der Waals surface area contributed by atoms with Gasteiger partial charge in [0.2, 0.25) is 0 Å². The van der Waals surface area contributed by atoms with Crippen molar-refractivity contribution in [2.45, 2.75) is 92.1 Å². The number of fused-ring (bicyclic) bond motifs is 5. The average molecular weight is 389 g/mol. The van der Waals surface area contributed by atoms with Crippen LogP contribution in [0.2, 0.25) is 0 Å². The number of allylic oxidation sites excluding steroid dienone is 1. The lowest BCUT2D eigenvalue weighted by atomic mass is 9.47. The van der Waals surface area contributed by atoms with E-state index in [-0.39, 0.29) is 16.9 Å². The summed E-state index contributed by atoms with van der Waals surface area (Å²) in [4.78, 5) is 0. The molecule has 1 unspecified atom stereocenters. The predicted octanol–water partition coefficient (Wildman–Crippen LogP) is 6.24. The molecule has 160 valence electrons. The van der Waals surface area contributed by atoms with E-state index < -0.39 is 0 Å². The standard InChI is InChI=1S/C26H44O2/c1-17(2)7-6-8-18(3)21-11-12-22-20-10-9-19-16-28-14-13-25(19,4)23(20)15-24(27)26(21,22)5/h9,17-18,20-24,27H,6-8,10-16H2,1-5H3/t18-,20+,21-,22+,23+,24?,25+,26-/m1/s1. The molecule has 3 fully saturated rings. The number of aliphatic hydroxyl groups excluding tert-OH is 1. The van der Waals surface area contributed by atoms with Gasteiger partial charge in [-0.2, -0.15) is 0 Å². The molecular formula is C26H44O2. The van der Waals surface area contributed by atoms with Crippen LogP contribution in [0.4, 0.5) is 0 Å². The van der Waals surface area contributed by atoms with E-state index in [9.17, 15) is 5.11 Å². The van der Waals surface area contributed by atoms with Crippen LogP contribution in [-0.2, 0) is 4.74 Å². The van der Waals surface area contributed by atoms with Gasteiger partial charge in [-0.05, 0) is 84.0 Å². The van der Waals surface area contributed by atoms with Crippen LogP contribution in [0.1, 0.15) is 86.0 Å². The zero-order valence-electron chi connectivity index (χ0n) is 19.0. The van der Waals surface area contributed by atoms with Crippen molar-refractivity contribution >= 4 is 0 Å². The van der Waals surface area contributed by atoms with Crippen molar-refractivity contribution in [3.8, 4) is 0 Å². The Balaban J connectivity index is 1.54. The fourth-order valence-corrected chi connectivity index (χ4v) is 8.17. The van der Waals surface area contributed by atoms with Gasteiger partial charge in [-0.15, -0.1) is 0 Å². The zero-order chi connectivity index (χ0) is 20.1. The van der Waals surface area contributed by atoms with Gasteiger partial charge in [0.15, 0.2) is 0 Å². The average Bonchev–Trinajstić information content (AvgIpc) is 3.01. The molecule has 1 aliphatic heterocycles. The van der Waals surface area contributed by atoms with Gasteiger partial charge in [0.25, 0.3) is 0 Å². The quantitative estimate of drug-likeness (QED) is 0.565. The van der Waals surface area contributed by atoms with Gasteiger partial charge < -0.3 is 9.84 Å². The SMILES string of the molecule is CC(C)CCC[C@@H](C)[C@H]1CC[C@H]2[C@@H]3CC=C4COCC[C@]4(C)[C@H]3CC(O)[C@]12C. The molecule has 0 radical (unpaired) electrons. The second kappa shape index (κ2) is 7.73. The topological polar surface area (TPSA) is 29.5 Å². The lowest BCUT2D eigenvalue weighted by Crippen LogP contribution is -2.56. The van der Waals surface area contributed by atoms with E-state index >= 15 is 0 Å². The smallest absolute Gasteiger partial charge is 0.0682 e. The Morgan fingerprint density at radius 1 is 1.14 bits per heavy atom. The highest BCUT2D eigenvalue weighted by molar-refractivity contribution is 5.25. The van der Waals surface area contributed by atoms with Gasteiger partial charge in [0.1, 0.15) is 0 Å². The van der Waals surface area contributed by atoms with Crippen LogP contribution in [0.3, 0.4) is 0 Å². The molecule has 0 spiro atoms. The molecule has 1 heterocycles. The van der Waals surface area contributed by atoms with Crippen molar-refractivity contribution in [2.24, 2.45) is 46.3 Å². The third-order valence-corrected chi connectivity index (χ3v) is 9.95. The van der Waals surface area contributed by atoms with E-state index in [2.05, 4.69) is 40.7 Å². The normalized spacial score (nSPS) is 46.5. The van der Waals surface area contributed by atoms with Crippen molar-refractivity contribution in [2.75, 3.05) is 13.2 Å². The van der Waals surface area contributed by atoms with E-state index in [1.807, 2.05) is 0 Å². The third kappa shape index (κ3) is 3.22. The Kier molecular flexibility index (Phi) is 5.77. The monoisotopic (exact) mass is 388 g/mol. The van der Waals surface area contributed by atoms with Crippen molar-refractivity contribution < 1.29 is 9.84 Å². The molecule has 0 bridgehead atoms. The minimum absolute atomic E-state index is 0.127. The van der Waals surface area contributed by atoms with Gasteiger partial charge in [-0.25, -0.2) is 0 Å². The molecule has 2 heteroatoms. The molecule has 28 heavy (non-hydrogen) atoms. The molecule has 0 aromatic heterocycles. The van der Waals surface area contributed by atoms with Crippen LogP contribution in [0.15, 0.2) is 11.6 Å². The fourth-order valence-electron chi connectivity index (χ4n) is 8.17. The maximum atomic E-state index is 11.6. The van der Waals surface area contributed by atoms with E-state index in [1.54, 1.807) is 0 Å². The summed E-state index contributed by atoms with van der Waals surface area (Å²) in [6, 6.07) is 0. The molecule has 8 atom stereocenters. The number of ether oxygens (including phenoxy) is 1. The molecule has 4 rings (SSSR count). The maximum Gasteiger partial charge on any atom is 0.0682 e. The molecule has 0 aromatic carbocycles. The van der Waals surface area contributed by atoms with Crippen LogP contribution in [0, 0.1) is 46.3 Å². The first kappa shape index (κ1) is 20.9. The summed E-state index contributed by atoms with van der Waals surface area (Å²) < 4.78 is 5.79. The first-order valence-corrected chi connectivity index (χ1v) is 12.2. The van der Waals surface area contributed by atoms with E-state index in [1.165, 1.54) is 44.1 Å².